The highest BCUT2D eigenvalue weighted by Gasteiger charge is 2.47. The van der Waals surface area contributed by atoms with Gasteiger partial charge in [0.2, 0.25) is 0 Å². The third kappa shape index (κ3) is 2.97. The summed E-state index contributed by atoms with van der Waals surface area (Å²) in [5.74, 6) is -3.08. The maximum Gasteiger partial charge on any atom is 0.355 e. The molecule has 82 valence electrons. The smallest absolute Gasteiger partial charge is 0.355 e. The maximum atomic E-state index is 13.6. The van der Waals surface area contributed by atoms with Crippen LogP contribution in [0, 0.1) is 0 Å². The Morgan fingerprint density at radius 3 is 2.36 bits per heavy atom. The Morgan fingerprint density at radius 2 is 2.00 bits per heavy atom. The molecule has 0 amide bonds. The van der Waals surface area contributed by atoms with Crippen molar-refractivity contribution in [2.24, 2.45) is 0 Å². The van der Waals surface area contributed by atoms with Gasteiger partial charge in [-0.1, -0.05) is 13.3 Å². The van der Waals surface area contributed by atoms with E-state index in [1.165, 1.54) is 6.92 Å². The first-order valence-electron chi connectivity index (χ1n) is 4.58. The van der Waals surface area contributed by atoms with Crippen molar-refractivity contribution in [3.63, 3.8) is 0 Å². The molecule has 0 aliphatic heterocycles. The minimum Gasteiger partial charge on any atom is -0.478 e. The number of rotatable bonds is 6. The normalized spacial score (nSPS) is 14.5. The number of ether oxygens (including phenoxy) is 1. The van der Waals surface area contributed by atoms with Gasteiger partial charge in [0.1, 0.15) is 0 Å². The molecule has 0 spiro atoms. The summed E-state index contributed by atoms with van der Waals surface area (Å²) in [7, 11) is 0. The van der Waals surface area contributed by atoms with E-state index in [0.29, 0.717) is 12.8 Å². The molecule has 0 aromatic heterocycles. The summed E-state index contributed by atoms with van der Waals surface area (Å²) >= 11 is 0. The van der Waals surface area contributed by atoms with E-state index in [1.807, 2.05) is 0 Å². The fraction of sp³-hybridized carbons (Fsp3) is 0.778. The molecule has 0 saturated carbocycles. The van der Waals surface area contributed by atoms with E-state index in [1.54, 1.807) is 6.92 Å². The van der Waals surface area contributed by atoms with Crippen LogP contribution in [0.4, 0.5) is 4.39 Å². The van der Waals surface area contributed by atoms with Gasteiger partial charge >= 0.3 is 17.6 Å². The van der Waals surface area contributed by atoms with Crippen LogP contribution < -0.4 is 0 Å². The molecule has 0 aromatic rings. The fourth-order valence-electron chi connectivity index (χ4n) is 0.962. The van der Waals surface area contributed by atoms with Crippen LogP contribution in [0.5, 0.6) is 0 Å². The van der Waals surface area contributed by atoms with E-state index in [0.717, 1.165) is 0 Å². The second kappa shape index (κ2) is 5.57. The molecule has 0 aliphatic carbocycles. The lowest BCUT2D eigenvalue weighted by atomic mass is 9.99. The number of carbonyl (C=O) groups is 2. The van der Waals surface area contributed by atoms with Crippen molar-refractivity contribution >= 4 is 11.9 Å². The van der Waals surface area contributed by atoms with Crippen molar-refractivity contribution in [2.75, 3.05) is 6.61 Å². The van der Waals surface area contributed by atoms with Crippen LogP contribution in [-0.4, -0.2) is 29.3 Å². The number of esters is 1. The SMILES string of the molecule is CCCCC(F)(C(=O)O)C(=O)OCC. The molecule has 1 N–H and O–H groups in total. The number of unbranched alkanes of at least 4 members (excludes halogenated alkanes) is 1. The van der Waals surface area contributed by atoms with Crippen LogP contribution in [0.1, 0.15) is 33.1 Å². The largest absolute Gasteiger partial charge is 0.478 e. The topological polar surface area (TPSA) is 63.6 Å². The van der Waals surface area contributed by atoms with Crippen LogP contribution in [0.15, 0.2) is 0 Å². The van der Waals surface area contributed by atoms with Gasteiger partial charge in [-0.15, -0.1) is 0 Å². The summed E-state index contributed by atoms with van der Waals surface area (Å²) < 4.78 is 18.0. The zero-order valence-electron chi connectivity index (χ0n) is 8.38. The van der Waals surface area contributed by atoms with E-state index in [2.05, 4.69) is 4.74 Å². The third-order valence-electron chi connectivity index (χ3n) is 1.81. The molecule has 0 aromatic carbocycles. The highest BCUT2D eigenvalue weighted by molar-refractivity contribution is 6.02. The molecular formula is C9H15FO4. The number of carboxylic acids is 1. The highest BCUT2D eigenvalue weighted by Crippen LogP contribution is 2.21. The van der Waals surface area contributed by atoms with Crippen LogP contribution >= 0.6 is 0 Å². The molecule has 14 heavy (non-hydrogen) atoms. The van der Waals surface area contributed by atoms with Crippen molar-refractivity contribution in [3.8, 4) is 0 Å². The first-order chi connectivity index (χ1) is 6.49. The number of aliphatic carboxylic acids is 1. The van der Waals surface area contributed by atoms with Gasteiger partial charge in [0.05, 0.1) is 6.61 Å². The molecule has 0 heterocycles. The number of carbonyl (C=O) groups excluding carboxylic acids is 1. The lowest BCUT2D eigenvalue weighted by Crippen LogP contribution is -2.43. The number of hydrogen-bond donors (Lipinski definition) is 1. The predicted molar refractivity (Wildman–Crippen MR) is 47.6 cm³/mol. The van der Waals surface area contributed by atoms with Crippen molar-refractivity contribution in [2.45, 2.75) is 38.8 Å². The monoisotopic (exact) mass is 206 g/mol. The summed E-state index contributed by atoms with van der Waals surface area (Å²) in [4.78, 5) is 21.6. The Labute approximate surface area is 82.1 Å². The second-order valence-corrected chi connectivity index (χ2v) is 2.93. The lowest BCUT2D eigenvalue weighted by molar-refractivity contribution is -0.171. The Morgan fingerprint density at radius 1 is 1.43 bits per heavy atom. The van der Waals surface area contributed by atoms with Crippen molar-refractivity contribution in [1.82, 2.24) is 0 Å². The summed E-state index contributed by atoms with van der Waals surface area (Å²) in [5, 5.41) is 8.58. The molecule has 0 saturated heterocycles. The molecule has 0 radical (unpaired) electrons. The first kappa shape index (κ1) is 12.9. The minimum atomic E-state index is -2.88. The lowest BCUT2D eigenvalue weighted by Gasteiger charge is -2.17. The van der Waals surface area contributed by atoms with Crippen molar-refractivity contribution in [3.05, 3.63) is 0 Å². The Bertz CT molecular complexity index is 217. The molecule has 0 aliphatic rings. The molecule has 0 bridgehead atoms. The summed E-state index contributed by atoms with van der Waals surface area (Å²) in [6.45, 7) is 3.26. The van der Waals surface area contributed by atoms with Crippen LogP contribution in [0.2, 0.25) is 0 Å². The third-order valence-corrected chi connectivity index (χ3v) is 1.81. The van der Waals surface area contributed by atoms with Crippen LogP contribution in [0.3, 0.4) is 0 Å². The van der Waals surface area contributed by atoms with Gasteiger partial charge in [0, 0.05) is 6.42 Å². The first-order valence-corrected chi connectivity index (χ1v) is 4.58. The number of hydrogen-bond acceptors (Lipinski definition) is 3. The molecule has 0 fully saturated rings. The summed E-state index contributed by atoms with van der Waals surface area (Å²) in [6.07, 6.45) is 0.623. The molecule has 1 atom stereocenters. The quantitative estimate of drug-likeness (QED) is 0.528. The van der Waals surface area contributed by atoms with E-state index in [-0.39, 0.29) is 13.0 Å². The standard InChI is InChI=1S/C9H15FO4/c1-3-5-6-9(10,7(11)12)8(13)14-4-2/h3-6H2,1-2H3,(H,11,12). The average Bonchev–Trinajstić information content (AvgIpc) is 2.14. The van der Waals surface area contributed by atoms with Crippen molar-refractivity contribution < 1.29 is 23.8 Å². The van der Waals surface area contributed by atoms with Gasteiger partial charge in [-0.25, -0.2) is 14.0 Å². The zero-order valence-corrected chi connectivity index (χ0v) is 8.38. The molecule has 0 rings (SSSR count). The van der Waals surface area contributed by atoms with Crippen LogP contribution in [0.25, 0.3) is 0 Å². The van der Waals surface area contributed by atoms with E-state index in [4.69, 9.17) is 5.11 Å². The fourth-order valence-corrected chi connectivity index (χ4v) is 0.962. The van der Waals surface area contributed by atoms with E-state index in [9.17, 15) is 14.0 Å². The van der Waals surface area contributed by atoms with Gasteiger partial charge in [0.25, 0.3) is 0 Å². The molecule has 5 heteroatoms. The predicted octanol–water partition coefficient (Wildman–Crippen LogP) is 1.53. The van der Waals surface area contributed by atoms with Gasteiger partial charge in [-0.3, -0.25) is 0 Å². The molecular weight excluding hydrogens is 191 g/mol. The summed E-state index contributed by atoms with van der Waals surface area (Å²) in [5.41, 5.74) is -2.88. The minimum absolute atomic E-state index is 0.0239. The zero-order chi connectivity index (χ0) is 11.2. The number of carboxylic acid groups (broad SMARTS) is 1. The van der Waals surface area contributed by atoms with Gasteiger partial charge in [-0.2, -0.15) is 0 Å². The van der Waals surface area contributed by atoms with Gasteiger partial charge in [0.15, 0.2) is 0 Å². The van der Waals surface area contributed by atoms with E-state index < -0.39 is 17.6 Å². The number of alkyl halides is 1. The van der Waals surface area contributed by atoms with Gasteiger partial charge in [-0.05, 0) is 13.3 Å². The number of halogens is 1. The highest BCUT2D eigenvalue weighted by atomic mass is 19.1. The summed E-state index contributed by atoms with van der Waals surface area (Å²) in [6, 6.07) is 0. The van der Waals surface area contributed by atoms with Crippen LogP contribution in [-0.2, 0) is 14.3 Å². The Balaban J connectivity index is 4.53. The Kier molecular flexibility index (Phi) is 5.12. The van der Waals surface area contributed by atoms with E-state index >= 15 is 0 Å². The van der Waals surface area contributed by atoms with Gasteiger partial charge < -0.3 is 9.84 Å². The molecule has 1 unspecified atom stereocenters. The van der Waals surface area contributed by atoms with Crippen molar-refractivity contribution in [1.29, 1.82) is 0 Å². The molecule has 4 nitrogen and oxygen atoms in total. The maximum absolute atomic E-state index is 13.6. The average molecular weight is 206 g/mol. The Hall–Kier alpha value is -1.13. The second-order valence-electron chi connectivity index (χ2n) is 2.93.